The maximum atomic E-state index is 12.6. The monoisotopic (exact) mass is 363 g/mol. The topological polar surface area (TPSA) is 92.7 Å². The number of hydrogen-bond donors (Lipinski definition) is 2. The molecule has 7 heteroatoms. The van der Waals surface area contributed by atoms with Crippen LogP contribution in [-0.2, 0) is 10.0 Å². The van der Waals surface area contributed by atoms with Crippen molar-refractivity contribution < 1.29 is 23.1 Å². The number of carboxylic acid groups (broad SMARTS) is 1. The molecule has 0 heterocycles. The van der Waals surface area contributed by atoms with Crippen LogP contribution in [-0.4, -0.2) is 26.1 Å². The summed E-state index contributed by atoms with van der Waals surface area (Å²) in [6.45, 7) is 6.27. The van der Waals surface area contributed by atoms with Crippen molar-refractivity contribution in [2.24, 2.45) is 0 Å². The minimum Gasteiger partial charge on any atom is -0.494 e. The summed E-state index contributed by atoms with van der Waals surface area (Å²) in [4.78, 5) is 11.1. The average Bonchev–Trinajstić information content (AvgIpc) is 2.55. The van der Waals surface area contributed by atoms with Crippen LogP contribution in [0.25, 0.3) is 0 Å². The highest BCUT2D eigenvalue weighted by Crippen LogP contribution is 2.30. The van der Waals surface area contributed by atoms with Gasteiger partial charge in [-0.05, 0) is 54.8 Å². The van der Waals surface area contributed by atoms with Crippen molar-refractivity contribution in [2.75, 3.05) is 11.3 Å². The van der Waals surface area contributed by atoms with Gasteiger partial charge in [-0.3, -0.25) is 4.72 Å². The summed E-state index contributed by atoms with van der Waals surface area (Å²) < 4.78 is 33.2. The lowest BCUT2D eigenvalue weighted by atomic mass is 10.0. The van der Waals surface area contributed by atoms with Crippen LogP contribution in [0, 0.1) is 0 Å². The molecule has 0 aliphatic rings. The summed E-state index contributed by atoms with van der Waals surface area (Å²) in [6, 6.07) is 10.4. The largest absolute Gasteiger partial charge is 0.494 e. The first-order chi connectivity index (χ1) is 11.7. The SMILES string of the molecule is CCOc1ccc(S(=O)(=O)Nc2cccc(C(=O)O)c2)cc1C(C)C. The van der Waals surface area contributed by atoms with Crippen molar-refractivity contribution in [3.8, 4) is 5.75 Å². The molecule has 2 rings (SSSR count). The molecular weight excluding hydrogens is 342 g/mol. The standard InChI is InChI=1S/C18H21NO5S/c1-4-24-17-9-8-15(11-16(17)12(2)3)25(22,23)19-14-7-5-6-13(10-14)18(20)21/h5-12,19H,4H2,1-3H3,(H,20,21). The molecule has 0 spiro atoms. The molecule has 2 aromatic carbocycles. The Kier molecular flexibility index (Phi) is 5.69. The first-order valence-electron chi connectivity index (χ1n) is 7.87. The van der Waals surface area contributed by atoms with Gasteiger partial charge in [0.05, 0.1) is 17.1 Å². The van der Waals surface area contributed by atoms with E-state index in [1.807, 2.05) is 20.8 Å². The number of benzene rings is 2. The summed E-state index contributed by atoms with van der Waals surface area (Å²) in [6.07, 6.45) is 0. The van der Waals surface area contributed by atoms with E-state index in [4.69, 9.17) is 9.84 Å². The third kappa shape index (κ3) is 4.51. The minimum absolute atomic E-state index is 0.00904. The molecule has 0 aliphatic carbocycles. The van der Waals surface area contributed by atoms with Crippen LogP contribution in [0.4, 0.5) is 5.69 Å². The van der Waals surface area contributed by atoms with Gasteiger partial charge in [0.2, 0.25) is 0 Å². The van der Waals surface area contributed by atoms with E-state index >= 15 is 0 Å². The van der Waals surface area contributed by atoms with Crippen molar-refractivity contribution in [1.82, 2.24) is 0 Å². The van der Waals surface area contributed by atoms with Crippen LogP contribution in [0.3, 0.4) is 0 Å². The molecular formula is C18H21NO5S. The van der Waals surface area contributed by atoms with E-state index in [1.165, 1.54) is 30.3 Å². The normalized spacial score (nSPS) is 11.4. The molecule has 2 N–H and O–H groups in total. The van der Waals surface area contributed by atoms with Gasteiger partial charge < -0.3 is 9.84 Å². The minimum atomic E-state index is -3.84. The zero-order valence-corrected chi connectivity index (χ0v) is 15.1. The summed E-state index contributed by atoms with van der Waals surface area (Å²) in [5.74, 6) is -0.374. The zero-order valence-electron chi connectivity index (χ0n) is 14.3. The van der Waals surface area contributed by atoms with Crippen LogP contribution in [0.2, 0.25) is 0 Å². The molecule has 2 aromatic rings. The predicted molar refractivity (Wildman–Crippen MR) is 95.9 cm³/mol. The Morgan fingerprint density at radius 3 is 2.52 bits per heavy atom. The highest BCUT2D eigenvalue weighted by Gasteiger charge is 2.18. The Labute approximate surface area is 147 Å². The number of rotatable bonds is 7. The first kappa shape index (κ1) is 18.8. The number of aromatic carboxylic acids is 1. The van der Waals surface area contributed by atoms with Crippen molar-refractivity contribution in [3.05, 3.63) is 53.6 Å². The van der Waals surface area contributed by atoms with E-state index in [0.717, 1.165) is 5.56 Å². The second-order valence-corrected chi connectivity index (χ2v) is 7.46. The smallest absolute Gasteiger partial charge is 0.335 e. The van der Waals surface area contributed by atoms with Crippen molar-refractivity contribution in [3.63, 3.8) is 0 Å². The molecule has 0 saturated carbocycles. The third-order valence-corrected chi connectivity index (χ3v) is 4.95. The Bertz CT molecular complexity index is 875. The molecule has 0 radical (unpaired) electrons. The summed E-state index contributed by atoms with van der Waals surface area (Å²) in [5.41, 5.74) is 0.999. The molecule has 0 saturated heterocycles. The Balaban J connectivity index is 2.38. The molecule has 0 aromatic heterocycles. The van der Waals surface area contributed by atoms with Gasteiger partial charge in [-0.15, -0.1) is 0 Å². The van der Waals surface area contributed by atoms with E-state index in [-0.39, 0.29) is 22.1 Å². The number of anilines is 1. The van der Waals surface area contributed by atoms with Crippen LogP contribution in [0.1, 0.15) is 42.6 Å². The van der Waals surface area contributed by atoms with Gasteiger partial charge in [0.25, 0.3) is 10.0 Å². The van der Waals surface area contributed by atoms with E-state index in [9.17, 15) is 13.2 Å². The number of carbonyl (C=O) groups is 1. The maximum Gasteiger partial charge on any atom is 0.335 e. The number of hydrogen-bond acceptors (Lipinski definition) is 4. The second kappa shape index (κ2) is 7.57. The van der Waals surface area contributed by atoms with Crippen molar-refractivity contribution in [1.29, 1.82) is 0 Å². The fourth-order valence-electron chi connectivity index (χ4n) is 2.36. The van der Waals surface area contributed by atoms with Crippen LogP contribution in [0.5, 0.6) is 5.75 Å². The van der Waals surface area contributed by atoms with Gasteiger partial charge in [-0.2, -0.15) is 0 Å². The van der Waals surface area contributed by atoms with Gasteiger partial charge in [0.1, 0.15) is 5.75 Å². The van der Waals surface area contributed by atoms with Gasteiger partial charge in [0.15, 0.2) is 0 Å². The number of ether oxygens (including phenoxy) is 1. The van der Waals surface area contributed by atoms with Crippen LogP contribution in [0.15, 0.2) is 47.4 Å². The summed E-state index contributed by atoms with van der Waals surface area (Å²) in [5, 5.41) is 9.01. The molecule has 0 unspecified atom stereocenters. The van der Waals surface area contributed by atoms with E-state index < -0.39 is 16.0 Å². The lowest BCUT2D eigenvalue weighted by Gasteiger charge is -2.15. The van der Waals surface area contributed by atoms with Crippen molar-refractivity contribution >= 4 is 21.7 Å². The summed E-state index contributed by atoms with van der Waals surface area (Å²) in [7, 11) is -3.84. The predicted octanol–water partition coefficient (Wildman–Crippen LogP) is 3.71. The zero-order chi connectivity index (χ0) is 18.6. The molecule has 6 nitrogen and oxygen atoms in total. The molecule has 0 bridgehead atoms. The Morgan fingerprint density at radius 2 is 1.92 bits per heavy atom. The molecule has 134 valence electrons. The second-order valence-electron chi connectivity index (χ2n) is 5.78. The quantitative estimate of drug-likeness (QED) is 0.782. The van der Waals surface area contributed by atoms with Gasteiger partial charge in [-0.1, -0.05) is 19.9 Å². The lowest BCUT2D eigenvalue weighted by molar-refractivity contribution is 0.0697. The van der Waals surface area contributed by atoms with Crippen LogP contribution < -0.4 is 9.46 Å². The fraction of sp³-hybridized carbons (Fsp3) is 0.278. The highest BCUT2D eigenvalue weighted by atomic mass is 32.2. The lowest BCUT2D eigenvalue weighted by Crippen LogP contribution is -2.14. The maximum absolute atomic E-state index is 12.6. The van der Waals surface area contributed by atoms with Gasteiger partial charge in [0, 0.05) is 5.69 Å². The first-order valence-corrected chi connectivity index (χ1v) is 9.36. The van der Waals surface area contributed by atoms with E-state index in [1.54, 1.807) is 12.1 Å². The molecule has 0 atom stereocenters. The molecule has 0 fully saturated rings. The number of nitrogens with one attached hydrogen (secondary N) is 1. The third-order valence-electron chi connectivity index (χ3n) is 3.58. The van der Waals surface area contributed by atoms with Gasteiger partial charge >= 0.3 is 5.97 Å². The number of sulfonamides is 1. The summed E-state index contributed by atoms with van der Waals surface area (Å²) >= 11 is 0. The number of carboxylic acids is 1. The van der Waals surface area contributed by atoms with Gasteiger partial charge in [-0.25, -0.2) is 13.2 Å². The Hall–Kier alpha value is -2.54. The van der Waals surface area contributed by atoms with Crippen LogP contribution >= 0.6 is 0 Å². The molecule has 0 aliphatic heterocycles. The average molecular weight is 363 g/mol. The molecule has 25 heavy (non-hydrogen) atoms. The molecule has 0 amide bonds. The Morgan fingerprint density at radius 1 is 1.20 bits per heavy atom. The highest BCUT2D eigenvalue weighted by molar-refractivity contribution is 7.92. The van der Waals surface area contributed by atoms with E-state index in [0.29, 0.717) is 12.4 Å². The fourth-order valence-corrected chi connectivity index (χ4v) is 3.45. The van der Waals surface area contributed by atoms with E-state index in [2.05, 4.69) is 4.72 Å². The van der Waals surface area contributed by atoms with Crippen molar-refractivity contribution in [2.45, 2.75) is 31.6 Å².